The third-order valence-electron chi connectivity index (χ3n) is 2.69. The van der Waals surface area contributed by atoms with Gasteiger partial charge in [-0.1, -0.05) is 24.3 Å². The number of nitrogens with one attached hydrogen (secondary N) is 1. The van der Waals surface area contributed by atoms with E-state index < -0.39 is 0 Å². The van der Waals surface area contributed by atoms with Crippen molar-refractivity contribution in [2.24, 2.45) is 0 Å². The van der Waals surface area contributed by atoms with Crippen molar-refractivity contribution in [3.8, 4) is 0 Å². The zero-order valence-corrected chi connectivity index (χ0v) is 10.1. The predicted octanol–water partition coefficient (Wildman–Crippen LogP) is 2.36. The van der Waals surface area contributed by atoms with Crippen LogP contribution < -0.4 is 5.32 Å². The molecule has 0 saturated heterocycles. The molecule has 0 atom stereocenters. The lowest BCUT2D eigenvalue weighted by molar-refractivity contribution is 0.149. The Morgan fingerprint density at radius 3 is 3.00 bits per heavy atom. The smallest absolute Gasteiger partial charge is 0.0590 e. The van der Waals surface area contributed by atoms with Crippen molar-refractivity contribution in [3.05, 3.63) is 42.2 Å². The van der Waals surface area contributed by atoms with Crippen molar-refractivity contribution in [3.63, 3.8) is 0 Å². The van der Waals surface area contributed by atoms with Gasteiger partial charge in [-0.05, 0) is 17.9 Å². The number of benzene rings is 1. The van der Waals surface area contributed by atoms with Crippen LogP contribution in [0.3, 0.4) is 0 Å². The van der Waals surface area contributed by atoms with Gasteiger partial charge in [-0.2, -0.15) is 0 Å². The predicted molar refractivity (Wildman–Crippen MR) is 69.9 cm³/mol. The molecule has 2 rings (SSSR count). The fourth-order valence-corrected chi connectivity index (χ4v) is 1.83. The first-order valence-corrected chi connectivity index (χ1v) is 6.02. The van der Waals surface area contributed by atoms with Crippen LogP contribution in [0.4, 0.5) is 0 Å². The molecule has 0 spiro atoms. The van der Waals surface area contributed by atoms with Crippen molar-refractivity contribution < 1.29 is 4.74 Å². The van der Waals surface area contributed by atoms with E-state index in [0.29, 0.717) is 0 Å². The Balaban J connectivity index is 1.98. The van der Waals surface area contributed by atoms with Crippen molar-refractivity contribution >= 4 is 10.8 Å². The van der Waals surface area contributed by atoms with E-state index in [1.165, 1.54) is 16.3 Å². The minimum Gasteiger partial charge on any atom is -0.380 e. The summed E-state index contributed by atoms with van der Waals surface area (Å²) in [5.74, 6) is 0. The topological polar surface area (TPSA) is 34.1 Å². The molecule has 1 N–H and O–H groups in total. The van der Waals surface area contributed by atoms with Crippen LogP contribution in [0.2, 0.25) is 0 Å². The molecule has 0 saturated carbocycles. The maximum atomic E-state index is 5.28. The van der Waals surface area contributed by atoms with Gasteiger partial charge >= 0.3 is 0 Å². The molecule has 1 aromatic heterocycles. The molecule has 0 aliphatic rings. The Morgan fingerprint density at radius 2 is 2.12 bits per heavy atom. The molecule has 17 heavy (non-hydrogen) atoms. The molecular weight excluding hydrogens is 212 g/mol. The minimum absolute atomic E-state index is 0.759. The van der Waals surface area contributed by atoms with Gasteiger partial charge in [-0.3, -0.25) is 4.98 Å². The molecule has 0 radical (unpaired) electrons. The number of rotatable bonds is 6. The monoisotopic (exact) mass is 230 g/mol. The van der Waals surface area contributed by atoms with Crippen molar-refractivity contribution in [2.75, 3.05) is 19.8 Å². The third kappa shape index (κ3) is 3.25. The van der Waals surface area contributed by atoms with E-state index in [2.05, 4.69) is 28.5 Å². The quantitative estimate of drug-likeness (QED) is 0.774. The van der Waals surface area contributed by atoms with Crippen LogP contribution in [0.25, 0.3) is 10.8 Å². The summed E-state index contributed by atoms with van der Waals surface area (Å²) in [6.45, 7) is 5.25. The molecule has 0 unspecified atom stereocenters. The molecule has 3 nitrogen and oxygen atoms in total. The average molecular weight is 230 g/mol. The number of hydrogen-bond donors (Lipinski definition) is 1. The molecule has 0 fully saturated rings. The Bertz CT molecular complexity index is 465. The van der Waals surface area contributed by atoms with Crippen molar-refractivity contribution in [2.45, 2.75) is 13.5 Å². The summed E-state index contributed by atoms with van der Waals surface area (Å²) < 4.78 is 5.28. The molecule has 90 valence electrons. The number of nitrogens with zero attached hydrogens (tertiary/aromatic N) is 1. The lowest BCUT2D eigenvalue weighted by Crippen LogP contribution is -2.19. The zero-order chi connectivity index (χ0) is 11.9. The molecular formula is C14H18N2O. The Labute approximate surface area is 102 Å². The summed E-state index contributed by atoms with van der Waals surface area (Å²) in [5, 5.41) is 5.82. The van der Waals surface area contributed by atoms with Gasteiger partial charge in [0.1, 0.15) is 0 Å². The summed E-state index contributed by atoms with van der Waals surface area (Å²) >= 11 is 0. The van der Waals surface area contributed by atoms with Crippen LogP contribution >= 0.6 is 0 Å². The SMILES string of the molecule is CCOCCNCc1cncc2ccccc12. The van der Waals surface area contributed by atoms with E-state index in [9.17, 15) is 0 Å². The molecule has 0 bridgehead atoms. The highest BCUT2D eigenvalue weighted by atomic mass is 16.5. The molecule has 0 aliphatic carbocycles. The van der Waals surface area contributed by atoms with E-state index >= 15 is 0 Å². The molecule has 0 amide bonds. The van der Waals surface area contributed by atoms with Gasteiger partial charge in [0.2, 0.25) is 0 Å². The van der Waals surface area contributed by atoms with Gasteiger partial charge in [-0.15, -0.1) is 0 Å². The van der Waals surface area contributed by atoms with Gasteiger partial charge in [0.15, 0.2) is 0 Å². The first-order chi connectivity index (χ1) is 8.42. The molecule has 1 aromatic carbocycles. The van der Waals surface area contributed by atoms with Gasteiger partial charge in [0, 0.05) is 37.5 Å². The van der Waals surface area contributed by atoms with E-state index in [-0.39, 0.29) is 0 Å². The Kier molecular flexibility index (Phi) is 4.47. The summed E-state index contributed by atoms with van der Waals surface area (Å²) in [4.78, 5) is 4.26. The summed E-state index contributed by atoms with van der Waals surface area (Å²) in [6, 6.07) is 8.32. The second-order valence-electron chi connectivity index (χ2n) is 3.89. The van der Waals surface area contributed by atoms with E-state index in [0.717, 1.165) is 26.3 Å². The second-order valence-corrected chi connectivity index (χ2v) is 3.89. The van der Waals surface area contributed by atoms with Crippen LogP contribution in [0.15, 0.2) is 36.7 Å². The number of ether oxygens (including phenoxy) is 1. The fraction of sp³-hybridized carbons (Fsp3) is 0.357. The fourth-order valence-electron chi connectivity index (χ4n) is 1.83. The maximum absolute atomic E-state index is 5.28. The first kappa shape index (κ1) is 12.0. The van der Waals surface area contributed by atoms with E-state index in [1.807, 2.05) is 25.4 Å². The number of hydrogen-bond acceptors (Lipinski definition) is 3. The Morgan fingerprint density at radius 1 is 1.24 bits per heavy atom. The van der Waals surface area contributed by atoms with Crippen LogP contribution in [0, 0.1) is 0 Å². The number of pyridine rings is 1. The van der Waals surface area contributed by atoms with Gasteiger partial charge < -0.3 is 10.1 Å². The molecule has 1 heterocycles. The van der Waals surface area contributed by atoms with Crippen molar-refractivity contribution in [1.82, 2.24) is 10.3 Å². The van der Waals surface area contributed by atoms with Gasteiger partial charge in [-0.25, -0.2) is 0 Å². The van der Waals surface area contributed by atoms with Crippen LogP contribution in [-0.4, -0.2) is 24.7 Å². The number of aromatic nitrogens is 1. The highest BCUT2D eigenvalue weighted by Crippen LogP contribution is 2.16. The van der Waals surface area contributed by atoms with Crippen molar-refractivity contribution in [1.29, 1.82) is 0 Å². The third-order valence-corrected chi connectivity index (χ3v) is 2.69. The number of fused-ring (bicyclic) bond motifs is 1. The average Bonchev–Trinajstić information content (AvgIpc) is 2.39. The standard InChI is InChI=1S/C14H18N2O/c1-2-17-8-7-15-10-13-11-16-9-12-5-3-4-6-14(12)13/h3-6,9,11,15H,2,7-8,10H2,1H3. The maximum Gasteiger partial charge on any atom is 0.0590 e. The van der Waals surface area contributed by atoms with E-state index in [4.69, 9.17) is 4.74 Å². The lowest BCUT2D eigenvalue weighted by atomic mass is 10.1. The zero-order valence-electron chi connectivity index (χ0n) is 10.1. The van der Waals surface area contributed by atoms with Crippen LogP contribution in [0.1, 0.15) is 12.5 Å². The molecule has 0 aliphatic heterocycles. The van der Waals surface area contributed by atoms with Gasteiger partial charge in [0.25, 0.3) is 0 Å². The second kappa shape index (κ2) is 6.33. The van der Waals surface area contributed by atoms with E-state index in [1.54, 1.807) is 0 Å². The first-order valence-electron chi connectivity index (χ1n) is 6.02. The normalized spacial score (nSPS) is 10.9. The molecule has 3 heteroatoms. The molecule has 2 aromatic rings. The highest BCUT2D eigenvalue weighted by Gasteiger charge is 1.99. The summed E-state index contributed by atoms with van der Waals surface area (Å²) in [6.07, 6.45) is 3.83. The summed E-state index contributed by atoms with van der Waals surface area (Å²) in [7, 11) is 0. The van der Waals surface area contributed by atoms with Gasteiger partial charge in [0.05, 0.1) is 6.61 Å². The lowest BCUT2D eigenvalue weighted by Gasteiger charge is -2.07. The van der Waals surface area contributed by atoms with Crippen LogP contribution in [0.5, 0.6) is 0 Å². The largest absolute Gasteiger partial charge is 0.380 e. The minimum atomic E-state index is 0.759. The van der Waals surface area contributed by atoms with Crippen LogP contribution in [-0.2, 0) is 11.3 Å². The summed E-state index contributed by atoms with van der Waals surface area (Å²) in [5.41, 5.74) is 1.24. The Hall–Kier alpha value is -1.45. The highest BCUT2D eigenvalue weighted by molar-refractivity contribution is 5.84.